The molecule has 7 heteroatoms. The predicted octanol–water partition coefficient (Wildman–Crippen LogP) is 2.86. The summed E-state index contributed by atoms with van der Waals surface area (Å²) in [5.41, 5.74) is -0.174. The number of nitrogens with zero attached hydrogens (tertiary/aromatic N) is 4. The van der Waals surface area contributed by atoms with E-state index in [-0.39, 0.29) is 0 Å². The standard InChI is InChI=1S/C14H17F3N4/c1-18-13(10-20-8-3-9-20)21(19-2)12-6-4-11(5-7-12)14(15,16)17/h4-7H,2-3,8-10H2,1H3. The first-order valence-electron chi connectivity index (χ1n) is 6.57. The molecule has 1 fully saturated rings. The van der Waals surface area contributed by atoms with Crippen LogP contribution in [-0.2, 0) is 6.18 Å². The molecule has 1 heterocycles. The van der Waals surface area contributed by atoms with Gasteiger partial charge >= 0.3 is 6.18 Å². The van der Waals surface area contributed by atoms with E-state index in [0.29, 0.717) is 18.1 Å². The van der Waals surface area contributed by atoms with E-state index < -0.39 is 11.7 Å². The fraction of sp³-hybridized carbons (Fsp3) is 0.429. The van der Waals surface area contributed by atoms with Crippen LogP contribution in [0.2, 0.25) is 0 Å². The monoisotopic (exact) mass is 298 g/mol. The number of hydrogen-bond acceptors (Lipinski definition) is 3. The van der Waals surface area contributed by atoms with Crippen LogP contribution in [-0.4, -0.2) is 44.1 Å². The molecule has 1 aromatic rings. The first-order valence-corrected chi connectivity index (χ1v) is 6.57. The Morgan fingerprint density at radius 1 is 1.29 bits per heavy atom. The second-order valence-electron chi connectivity index (χ2n) is 4.77. The van der Waals surface area contributed by atoms with Crippen molar-refractivity contribution in [2.24, 2.45) is 10.1 Å². The highest BCUT2D eigenvalue weighted by atomic mass is 19.4. The maximum Gasteiger partial charge on any atom is 0.416 e. The van der Waals surface area contributed by atoms with Crippen molar-refractivity contribution < 1.29 is 13.2 Å². The van der Waals surface area contributed by atoms with Gasteiger partial charge in [0.1, 0.15) is 5.84 Å². The van der Waals surface area contributed by atoms with Crippen LogP contribution in [0.1, 0.15) is 12.0 Å². The molecule has 0 radical (unpaired) electrons. The predicted molar refractivity (Wildman–Crippen MR) is 77.9 cm³/mol. The average molecular weight is 298 g/mol. The molecule has 1 aliphatic rings. The van der Waals surface area contributed by atoms with Gasteiger partial charge in [-0.2, -0.15) is 18.3 Å². The molecule has 1 saturated heterocycles. The van der Waals surface area contributed by atoms with E-state index >= 15 is 0 Å². The van der Waals surface area contributed by atoms with Gasteiger partial charge in [-0.3, -0.25) is 9.89 Å². The summed E-state index contributed by atoms with van der Waals surface area (Å²) in [6.45, 7) is 6.08. The average Bonchev–Trinajstić information content (AvgIpc) is 2.40. The van der Waals surface area contributed by atoms with Crippen molar-refractivity contribution in [3.05, 3.63) is 29.8 Å². The SMILES string of the molecule is C=NN(C(CN1CCC1)=NC)c1ccc(C(F)(F)F)cc1. The molecule has 0 spiro atoms. The molecule has 0 aliphatic carbocycles. The largest absolute Gasteiger partial charge is 0.416 e. The molecule has 2 rings (SSSR count). The number of hydrazone groups is 1. The first-order chi connectivity index (χ1) is 9.95. The second kappa shape index (κ2) is 6.26. The van der Waals surface area contributed by atoms with Crippen LogP contribution in [0.5, 0.6) is 0 Å². The molecular formula is C14H17F3N4. The summed E-state index contributed by atoms with van der Waals surface area (Å²) >= 11 is 0. The van der Waals surface area contributed by atoms with E-state index in [1.807, 2.05) is 0 Å². The van der Waals surface area contributed by atoms with Crippen molar-refractivity contribution >= 4 is 18.2 Å². The van der Waals surface area contributed by atoms with E-state index in [4.69, 9.17) is 0 Å². The van der Waals surface area contributed by atoms with E-state index in [9.17, 15) is 13.2 Å². The van der Waals surface area contributed by atoms with Gasteiger partial charge in [-0.15, -0.1) is 0 Å². The molecule has 0 saturated carbocycles. The lowest BCUT2D eigenvalue weighted by Crippen LogP contribution is -2.44. The zero-order valence-corrected chi connectivity index (χ0v) is 11.8. The van der Waals surface area contributed by atoms with E-state index in [2.05, 4.69) is 21.7 Å². The van der Waals surface area contributed by atoms with Gasteiger partial charge in [0, 0.05) is 13.8 Å². The molecule has 0 amide bonds. The van der Waals surface area contributed by atoms with Crippen LogP contribution in [0.4, 0.5) is 18.9 Å². The van der Waals surface area contributed by atoms with E-state index in [1.165, 1.54) is 17.1 Å². The minimum Gasteiger partial charge on any atom is -0.296 e. The molecule has 0 bridgehead atoms. The Labute approximate surface area is 121 Å². The quantitative estimate of drug-likeness (QED) is 0.486. The van der Waals surface area contributed by atoms with Gasteiger partial charge in [-0.05, 0) is 43.8 Å². The normalized spacial score (nSPS) is 16.5. The topological polar surface area (TPSA) is 31.2 Å². The maximum atomic E-state index is 12.6. The van der Waals surface area contributed by atoms with Gasteiger partial charge in [-0.1, -0.05) is 0 Å². The number of halogens is 3. The molecule has 21 heavy (non-hydrogen) atoms. The van der Waals surface area contributed by atoms with Gasteiger partial charge in [0.05, 0.1) is 17.8 Å². The highest BCUT2D eigenvalue weighted by Crippen LogP contribution is 2.30. The summed E-state index contributed by atoms with van der Waals surface area (Å²) < 4.78 is 37.7. The summed E-state index contributed by atoms with van der Waals surface area (Å²) in [6.07, 6.45) is -3.19. The third-order valence-corrected chi connectivity index (χ3v) is 3.40. The van der Waals surface area contributed by atoms with Gasteiger partial charge in [0.25, 0.3) is 0 Å². The zero-order valence-electron chi connectivity index (χ0n) is 11.8. The number of amidine groups is 1. The Morgan fingerprint density at radius 3 is 2.29 bits per heavy atom. The van der Waals surface area contributed by atoms with E-state index in [1.54, 1.807) is 7.05 Å². The Kier molecular flexibility index (Phi) is 4.62. The summed E-state index contributed by atoms with van der Waals surface area (Å²) in [5.74, 6) is 0.657. The summed E-state index contributed by atoms with van der Waals surface area (Å²) in [6, 6.07) is 4.81. The lowest BCUT2D eigenvalue weighted by molar-refractivity contribution is -0.137. The first kappa shape index (κ1) is 15.5. The number of anilines is 1. The minimum atomic E-state index is -4.34. The van der Waals surface area contributed by atoms with E-state index in [0.717, 1.165) is 31.6 Å². The number of benzene rings is 1. The fourth-order valence-corrected chi connectivity index (χ4v) is 2.08. The van der Waals surface area contributed by atoms with Crippen LogP contribution in [0.3, 0.4) is 0 Å². The highest BCUT2D eigenvalue weighted by molar-refractivity contribution is 5.99. The Balaban J connectivity index is 2.17. The number of rotatable bonds is 4. The van der Waals surface area contributed by atoms with Crippen LogP contribution >= 0.6 is 0 Å². The number of likely N-dealkylation sites (tertiary alicyclic amines) is 1. The van der Waals surface area contributed by atoms with Gasteiger partial charge in [-0.25, -0.2) is 5.01 Å². The number of hydrogen-bond donors (Lipinski definition) is 0. The highest BCUT2D eigenvalue weighted by Gasteiger charge is 2.30. The molecule has 0 atom stereocenters. The second-order valence-corrected chi connectivity index (χ2v) is 4.77. The summed E-state index contributed by atoms with van der Waals surface area (Å²) in [7, 11) is 1.64. The van der Waals surface area contributed by atoms with Crippen molar-refractivity contribution in [1.82, 2.24) is 4.90 Å². The Morgan fingerprint density at radius 2 is 1.90 bits per heavy atom. The summed E-state index contributed by atoms with van der Waals surface area (Å²) in [5, 5.41) is 5.35. The fourth-order valence-electron chi connectivity index (χ4n) is 2.08. The van der Waals surface area contributed by atoms with Crippen molar-refractivity contribution in [3.8, 4) is 0 Å². The van der Waals surface area contributed by atoms with Crippen LogP contribution in [0.25, 0.3) is 0 Å². The summed E-state index contributed by atoms with van der Waals surface area (Å²) in [4.78, 5) is 6.36. The lowest BCUT2D eigenvalue weighted by Gasteiger charge is -2.33. The van der Waals surface area contributed by atoms with Crippen molar-refractivity contribution in [2.45, 2.75) is 12.6 Å². The number of aliphatic imine (C=N–C) groups is 1. The third-order valence-electron chi connectivity index (χ3n) is 3.40. The molecular weight excluding hydrogens is 281 g/mol. The van der Waals surface area contributed by atoms with Gasteiger partial charge in [0.2, 0.25) is 0 Å². The molecule has 0 N–H and O–H groups in total. The van der Waals surface area contributed by atoms with Crippen molar-refractivity contribution in [2.75, 3.05) is 31.7 Å². The maximum absolute atomic E-state index is 12.6. The van der Waals surface area contributed by atoms with Crippen LogP contribution in [0.15, 0.2) is 34.4 Å². The molecule has 0 aromatic heterocycles. The molecule has 1 aliphatic heterocycles. The zero-order chi connectivity index (χ0) is 15.5. The van der Waals surface area contributed by atoms with Crippen molar-refractivity contribution in [3.63, 3.8) is 0 Å². The van der Waals surface area contributed by atoms with Gasteiger partial charge < -0.3 is 0 Å². The Bertz CT molecular complexity index is 518. The lowest BCUT2D eigenvalue weighted by atomic mass is 10.2. The van der Waals surface area contributed by atoms with Crippen LogP contribution in [0, 0.1) is 0 Å². The van der Waals surface area contributed by atoms with Gasteiger partial charge in [0.15, 0.2) is 0 Å². The molecule has 1 aromatic carbocycles. The smallest absolute Gasteiger partial charge is 0.296 e. The molecule has 0 unspecified atom stereocenters. The number of alkyl halides is 3. The van der Waals surface area contributed by atoms with Crippen molar-refractivity contribution in [1.29, 1.82) is 0 Å². The van der Waals surface area contributed by atoms with Crippen LogP contribution < -0.4 is 5.01 Å². The third kappa shape index (κ3) is 3.60. The Hall–Kier alpha value is -1.89. The molecule has 4 nitrogen and oxygen atoms in total. The molecule has 114 valence electrons. The minimum absolute atomic E-state index is 0.513.